The fourth-order valence-corrected chi connectivity index (χ4v) is 4.07. The number of hydrogen-bond acceptors (Lipinski definition) is 4. The molecule has 0 aromatic heterocycles. The SMILES string of the molecule is Nc1cc(Br)c(F)c(S(=O)(=O)N2CCCOCC2)c1. The van der Waals surface area contributed by atoms with Crippen LogP contribution in [0.1, 0.15) is 6.42 Å². The third-order valence-electron chi connectivity index (χ3n) is 2.82. The molecule has 1 saturated heterocycles. The van der Waals surface area contributed by atoms with Gasteiger partial charge in [-0.15, -0.1) is 0 Å². The molecule has 1 aliphatic rings. The van der Waals surface area contributed by atoms with E-state index in [0.717, 1.165) is 6.07 Å². The van der Waals surface area contributed by atoms with E-state index in [-0.39, 0.29) is 16.7 Å². The van der Waals surface area contributed by atoms with Gasteiger partial charge in [0.15, 0.2) is 5.82 Å². The topological polar surface area (TPSA) is 72.6 Å². The highest BCUT2D eigenvalue weighted by Crippen LogP contribution is 2.28. The Hall–Kier alpha value is -0.700. The highest BCUT2D eigenvalue weighted by molar-refractivity contribution is 9.10. The van der Waals surface area contributed by atoms with Crippen molar-refractivity contribution in [1.29, 1.82) is 0 Å². The second-order valence-corrected chi connectivity index (χ2v) is 6.95. The first-order valence-corrected chi connectivity index (χ1v) is 7.98. The number of nitrogens with zero attached hydrogens (tertiary/aromatic N) is 1. The Kier molecular flexibility index (Phi) is 4.44. The monoisotopic (exact) mass is 352 g/mol. The standard InChI is InChI=1S/C11H14BrFN2O3S/c12-9-6-8(14)7-10(11(9)13)19(16,17)15-2-1-4-18-5-3-15/h6-7H,1-5,14H2. The predicted octanol–water partition coefficient (Wildman–Crippen LogP) is 1.58. The van der Waals surface area contributed by atoms with Crippen molar-refractivity contribution >= 4 is 31.6 Å². The van der Waals surface area contributed by atoms with E-state index in [1.54, 1.807) is 0 Å². The number of anilines is 1. The van der Waals surface area contributed by atoms with E-state index in [1.807, 2.05) is 0 Å². The van der Waals surface area contributed by atoms with Gasteiger partial charge in [-0.2, -0.15) is 4.31 Å². The van der Waals surface area contributed by atoms with Crippen LogP contribution in [0, 0.1) is 5.82 Å². The first-order chi connectivity index (χ1) is 8.93. The molecule has 0 unspecified atom stereocenters. The van der Waals surface area contributed by atoms with E-state index in [9.17, 15) is 12.8 Å². The maximum absolute atomic E-state index is 14.0. The predicted molar refractivity (Wildman–Crippen MR) is 72.7 cm³/mol. The zero-order valence-electron chi connectivity index (χ0n) is 10.1. The van der Waals surface area contributed by atoms with Crippen LogP contribution < -0.4 is 5.73 Å². The fourth-order valence-electron chi connectivity index (χ4n) is 1.87. The molecule has 8 heteroatoms. The third-order valence-corrected chi connectivity index (χ3v) is 5.29. The molecule has 19 heavy (non-hydrogen) atoms. The van der Waals surface area contributed by atoms with Crippen molar-refractivity contribution in [2.75, 3.05) is 32.0 Å². The largest absolute Gasteiger partial charge is 0.399 e. The third kappa shape index (κ3) is 3.07. The molecule has 1 fully saturated rings. The average Bonchev–Trinajstić information content (AvgIpc) is 2.62. The number of halogens is 2. The molecule has 0 spiro atoms. The number of benzene rings is 1. The summed E-state index contributed by atoms with van der Waals surface area (Å²) in [6.45, 7) is 1.35. The van der Waals surface area contributed by atoms with Gasteiger partial charge >= 0.3 is 0 Å². The van der Waals surface area contributed by atoms with Gasteiger partial charge in [-0.05, 0) is 34.5 Å². The first-order valence-electron chi connectivity index (χ1n) is 5.75. The van der Waals surface area contributed by atoms with E-state index >= 15 is 0 Å². The number of rotatable bonds is 2. The molecule has 0 atom stereocenters. The molecule has 5 nitrogen and oxygen atoms in total. The molecule has 0 radical (unpaired) electrons. The summed E-state index contributed by atoms with van der Waals surface area (Å²) in [5.74, 6) is -0.820. The van der Waals surface area contributed by atoms with Crippen LogP contribution in [-0.2, 0) is 14.8 Å². The summed E-state index contributed by atoms with van der Waals surface area (Å²) in [6.07, 6.45) is 0.588. The molecule has 1 heterocycles. The summed E-state index contributed by atoms with van der Waals surface area (Å²) in [7, 11) is -3.89. The summed E-state index contributed by atoms with van der Waals surface area (Å²) in [4.78, 5) is -0.402. The van der Waals surface area contributed by atoms with E-state index in [1.165, 1.54) is 10.4 Å². The Labute approximate surface area is 119 Å². The van der Waals surface area contributed by atoms with Gasteiger partial charge in [-0.3, -0.25) is 0 Å². The molecular weight excluding hydrogens is 339 g/mol. The molecule has 1 aromatic rings. The van der Waals surface area contributed by atoms with Gasteiger partial charge in [-0.25, -0.2) is 12.8 Å². The fraction of sp³-hybridized carbons (Fsp3) is 0.455. The molecule has 106 valence electrons. The molecule has 0 saturated carbocycles. The van der Waals surface area contributed by atoms with Crippen LogP contribution in [0.4, 0.5) is 10.1 Å². The number of sulfonamides is 1. The summed E-state index contributed by atoms with van der Waals surface area (Å²) < 4.78 is 45.3. The highest BCUT2D eigenvalue weighted by atomic mass is 79.9. The van der Waals surface area contributed by atoms with Crippen molar-refractivity contribution < 1.29 is 17.5 Å². The lowest BCUT2D eigenvalue weighted by atomic mass is 10.3. The average molecular weight is 353 g/mol. The minimum absolute atomic E-state index is 0.0390. The first kappa shape index (κ1) is 14.7. The van der Waals surface area contributed by atoms with Gasteiger partial charge < -0.3 is 10.5 Å². The molecule has 0 amide bonds. The van der Waals surface area contributed by atoms with Gasteiger partial charge in [0.25, 0.3) is 0 Å². The van der Waals surface area contributed by atoms with E-state index in [2.05, 4.69) is 15.9 Å². The molecule has 2 N–H and O–H groups in total. The molecule has 0 bridgehead atoms. The maximum atomic E-state index is 14.0. The van der Waals surface area contributed by atoms with Gasteiger partial charge in [0.2, 0.25) is 10.0 Å². The molecular formula is C11H14BrFN2O3S. The Morgan fingerprint density at radius 2 is 2.05 bits per heavy atom. The normalized spacial score (nSPS) is 18.2. The van der Waals surface area contributed by atoms with E-state index in [0.29, 0.717) is 26.2 Å². The molecule has 1 aliphatic heterocycles. The Balaban J connectivity index is 2.44. The van der Waals surface area contributed by atoms with E-state index < -0.39 is 20.7 Å². The van der Waals surface area contributed by atoms with Crippen LogP contribution in [0.25, 0.3) is 0 Å². The van der Waals surface area contributed by atoms with Crippen LogP contribution >= 0.6 is 15.9 Å². The Morgan fingerprint density at radius 3 is 2.79 bits per heavy atom. The van der Waals surface area contributed by atoms with Gasteiger partial charge in [0, 0.05) is 25.4 Å². The summed E-state index contributed by atoms with van der Waals surface area (Å²) in [5.41, 5.74) is 5.77. The van der Waals surface area contributed by atoms with Crippen molar-refractivity contribution in [2.24, 2.45) is 0 Å². The zero-order chi connectivity index (χ0) is 14.0. The van der Waals surface area contributed by atoms with Gasteiger partial charge in [0.05, 0.1) is 11.1 Å². The second-order valence-electron chi connectivity index (χ2n) is 4.18. The van der Waals surface area contributed by atoms with Crippen molar-refractivity contribution in [1.82, 2.24) is 4.31 Å². The smallest absolute Gasteiger partial charge is 0.246 e. The quantitative estimate of drug-likeness (QED) is 0.820. The lowest BCUT2D eigenvalue weighted by molar-refractivity contribution is 0.148. The number of hydrogen-bond donors (Lipinski definition) is 1. The number of nitrogens with two attached hydrogens (primary N) is 1. The summed E-state index contributed by atoms with van der Waals surface area (Å²) in [5, 5.41) is 0. The summed E-state index contributed by atoms with van der Waals surface area (Å²) in [6, 6.07) is 2.47. The minimum Gasteiger partial charge on any atom is -0.399 e. The lowest BCUT2D eigenvalue weighted by Crippen LogP contribution is -2.33. The second kappa shape index (κ2) is 5.74. The molecule has 0 aliphatic carbocycles. The number of ether oxygens (including phenoxy) is 1. The van der Waals surface area contributed by atoms with Crippen LogP contribution in [0.15, 0.2) is 21.5 Å². The highest BCUT2D eigenvalue weighted by Gasteiger charge is 2.29. The summed E-state index contributed by atoms with van der Waals surface area (Å²) >= 11 is 2.97. The maximum Gasteiger partial charge on any atom is 0.246 e. The van der Waals surface area contributed by atoms with Crippen molar-refractivity contribution in [3.63, 3.8) is 0 Å². The van der Waals surface area contributed by atoms with Gasteiger partial charge in [0.1, 0.15) is 4.90 Å². The minimum atomic E-state index is -3.89. The lowest BCUT2D eigenvalue weighted by Gasteiger charge is -2.20. The van der Waals surface area contributed by atoms with Crippen LogP contribution in [0.3, 0.4) is 0 Å². The number of nitrogen functional groups attached to an aromatic ring is 1. The molecule has 2 rings (SSSR count). The van der Waals surface area contributed by atoms with E-state index in [4.69, 9.17) is 10.5 Å². The van der Waals surface area contributed by atoms with Crippen LogP contribution in [0.2, 0.25) is 0 Å². The van der Waals surface area contributed by atoms with Crippen molar-refractivity contribution in [3.8, 4) is 0 Å². The van der Waals surface area contributed by atoms with Crippen molar-refractivity contribution in [3.05, 3.63) is 22.4 Å². The zero-order valence-corrected chi connectivity index (χ0v) is 12.5. The van der Waals surface area contributed by atoms with Crippen molar-refractivity contribution in [2.45, 2.75) is 11.3 Å². The van der Waals surface area contributed by atoms with Gasteiger partial charge in [-0.1, -0.05) is 0 Å². The Bertz CT molecular complexity index is 572. The Morgan fingerprint density at radius 1 is 1.32 bits per heavy atom. The van der Waals surface area contributed by atoms with Crippen LogP contribution in [0.5, 0.6) is 0 Å². The molecule has 1 aromatic carbocycles. The van der Waals surface area contributed by atoms with Crippen LogP contribution in [-0.4, -0.2) is 39.0 Å².